The highest BCUT2D eigenvalue weighted by molar-refractivity contribution is 7.99. The number of carbonyl (C=O) groups excluding carboxylic acids is 1. The van der Waals surface area contributed by atoms with Gasteiger partial charge in [-0.05, 0) is 42.4 Å². The van der Waals surface area contributed by atoms with Crippen LogP contribution in [0.15, 0.2) is 18.2 Å². The molecule has 1 aromatic heterocycles. The summed E-state index contributed by atoms with van der Waals surface area (Å²) in [6, 6.07) is 4.43. The molecule has 0 aromatic carbocycles. The van der Waals surface area contributed by atoms with E-state index in [0.29, 0.717) is 12.5 Å². The molecule has 1 aliphatic rings. The van der Waals surface area contributed by atoms with Crippen molar-refractivity contribution < 1.29 is 14.7 Å². The molecule has 102 valence electrons. The highest BCUT2D eigenvalue weighted by Crippen LogP contribution is 2.21. The van der Waals surface area contributed by atoms with Crippen LogP contribution in [-0.4, -0.2) is 40.0 Å². The summed E-state index contributed by atoms with van der Waals surface area (Å²) in [7, 11) is 0. The minimum Gasteiger partial charge on any atom is -0.477 e. The molecule has 2 heterocycles. The summed E-state index contributed by atoms with van der Waals surface area (Å²) in [6.07, 6.45) is 2.24. The summed E-state index contributed by atoms with van der Waals surface area (Å²) in [6.45, 7) is 0.637. The zero-order valence-corrected chi connectivity index (χ0v) is 11.3. The van der Waals surface area contributed by atoms with Crippen molar-refractivity contribution in [3.8, 4) is 0 Å². The number of nitrogens with zero attached hydrogens (tertiary/aromatic N) is 1. The molecular formula is C13H16N2O3S. The van der Waals surface area contributed by atoms with Gasteiger partial charge >= 0.3 is 5.97 Å². The predicted octanol–water partition coefficient (Wildman–Crippen LogP) is 1.65. The first-order chi connectivity index (χ1) is 9.16. The van der Waals surface area contributed by atoms with Gasteiger partial charge in [0.05, 0.1) is 0 Å². The van der Waals surface area contributed by atoms with Gasteiger partial charge in [-0.15, -0.1) is 0 Å². The van der Waals surface area contributed by atoms with Crippen LogP contribution in [0.25, 0.3) is 0 Å². The van der Waals surface area contributed by atoms with Crippen molar-refractivity contribution in [1.82, 2.24) is 10.3 Å². The molecule has 0 bridgehead atoms. The molecule has 6 heteroatoms. The summed E-state index contributed by atoms with van der Waals surface area (Å²) in [5.74, 6) is 1.38. The summed E-state index contributed by atoms with van der Waals surface area (Å²) in [4.78, 5) is 26.5. The van der Waals surface area contributed by atoms with Crippen LogP contribution in [0.3, 0.4) is 0 Å². The van der Waals surface area contributed by atoms with Gasteiger partial charge in [0, 0.05) is 6.54 Å². The first-order valence-electron chi connectivity index (χ1n) is 6.23. The van der Waals surface area contributed by atoms with E-state index in [1.807, 2.05) is 11.8 Å². The van der Waals surface area contributed by atoms with E-state index < -0.39 is 5.97 Å². The Labute approximate surface area is 115 Å². The highest BCUT2D eigenvalue weighted by atomic mass is 32.2. The number of aromatic carboxylic acids is 1. The first kappa shape index (κ1) is 13.9. The van der Waals surface area contributed by atoms with Crippen molar-refractivity contribution in [1.29, 1.82) is 0 Å². The monoisotopic (exact) mass is 280 g/mol. The number of carboxylic acid groups (broad SMARTS) is 1. The Morgan fingerprint density at radius 1 is 1.32 bits per heavy atom. The van der Waals surface area contributed by atoms with Crippen molar-refractivity contribution in [2.24, 2.45) is 5.92 Å². The molecule has 19 heavy (non-hydrogen) atoms. The standard InChI is InChI=1S/C13H16N2O3S/c16-12(14-8-9-4-6-19-7-5-9)10-2-1-3-11(15-10)13(17)18/h1-3,9H,4-8H2,(H,14,16)(H,17,18). The number of pyridine rings is 1. The van der Waals surface area contributed by atoms with E-state index in [-0.39, 0.29) is 17.3 Å². The summed E-state index contributed by atoms with van der Waals surface area (Å²) in [5.41, 5.74) is 0.0480. The Kier molecular flexibility index (Phi) is 4.79. The van der Waals surface area contributed by atoms with E-state index in [2.05, 4.69) is 10.3 Å². The highest BCUT2D eigenvalue weighted by Gasteiger charge is 2.16. The SMILES string of the molecule is O=C(O)c1cccc(C(=O)NCC2CCSCC2)n1. The fraction of sp³-hybridized carbons (Fsp3) is 0.462. The molecule has 0 radical (unpaired) electrons. The van der Waals surface area contributed by atoms with Gasteiger partial charge in [0.1, 0.15) is 11.4 Å². The predicted molar refractivity (Wildman–Crippen MR) is 73.6 cm³/mol. The average Bonchev–Trinajstić information content (AvgIpc) is 2.46. The maximum absolute atomic E-state index is 11.9. The number of hydrogen-bond acceptors (Lipinski definition) is 4. The molecule has 0 spiro atoms. The molecule has 1 aliphatic heterocycles. The molecule has 0 aliphatic carbocycles. The van der Waals surface area contributed by atoms with E-state index in [0.717, 1.165) is 24.3 Å². The maximum atomic E-state index is 11.9. The second-order valence-electron chi connectivity index (χ2n) is 4.48. The van der Waals surface area contributed by atoms with Crippen LogP contribution in [0.2, 0.25) is 0 Å². The third-order valence-corrected chi connectivity index (χ3v) is 4.14. The Hall–Kier alpha value is -1.56. The molecule has 0 saturated carbocycles. The van der Waals surface area contributed by atoms with Crippen LogP contribution in [-0.2, 0) is 0 Å². The van der Waals surface area contributed by atoms with Gasteiger partial charge in [0.25, 0.3) is 5.91 Å². The number of rotatable bonds is 4. The fourth-order valence-corrected chi connectivity index (χ4v) is 3.16. The minimum absolute atomic E-state index is 0.110. The van der Waals surface area contributed by atoms with Gasteiger partial charge < -0.3 is 10.4 Å². The first-order valence-corrected chi connectivity index (χ1v) is 7.38. The van der Waals surface area contributed by atoms with Crippen LogP contribution < -0.4 is 5.32 Å². The zero-order valence-electron chi connectivity index (χ0n) is 10.5. The normalized spacial score (nSPS) is 16.0. The van der Waals surface area contributed by atoms with Crippen molar-refractivity contribution in [2.45, 2.75) is 12.8 Å². The lowest BCUT2D eigenvalue weighted by molar-refractivity contribution is 0.0690. The second kappa shape index (κ2) is 6.56. The largest absolute Gasteiger partial charge is 0.477 e. The lowest BCUT2D eigenvalue weighted by Gasteiger charge is -2.21. The number of aromatic nitrogens is 1. The maximum Gasteiger partial charge on any atom is 0.354 e. The molecule has 1 saturated heterocycles. The Morgan fingerprint density at radius 2 is 2.00 bits per heavy atom. The number of thioether (sulfide) groups is 1. The number of nitrogens with one attached hydrogen (secondary N) is 1. The van der Waals surface area contributed by atoms with Crippen LogP contribution >= 0.6 is 11.8 Å². The van der Waals surface area contributed by atoms with Crippen molar-refractivity contribution in [3.63, 3.8) is 0 Å². The third-order valence-electron chi connectivity index (χ3n) is 3.09. The van der Waals surface area contributed by atoms with Crippen LogP contribution in [0, 0.1) is 5.92 Å². The van der Waals surface area contributed by atoms with E-state index in [1.165, 1.54) is 18.2 Å². The Bertz CT molecular complexity index is 473. The van der Waals surface area contributed by atoms with E-state index >= 15 is 0 Å². The molecule has 2 N–H and O–H groups in total. The lowest BCUT2D eigenvalue weighted by atomic mass is 10.0. The van der Waals surface area contributed by atoms with Crippen molar-refractivity contribution in [3.05, 3.63) is 29.6 Å². The summed E-state index contributed by atoms with van der Waals surface area (Å²) < 4.78 is 0. The second-order valence-corrected chi connectivity index (χ2v) is 5.70. The molecule has 0 atom stereocenters. The number of carboxylic acids is 1. The quantitative estimate of drug-likeness (QED) is 0.876. The molecule has 1 aromatic rings. The van der Waals surface area contributed by atoms with Gasteiger partial charge in [0.2, 0.25) is 0 Å². The number of amides is 1. The Balaban J connectivity index is 1.92. The number of hydrogen-bond donors (Lipinski definition) is 2. The molecule has 2 rings (SSSR count). The van der Waals surface area contributed by atoms with Gasteiger partial charge in [-0.2, -0.15) is 11.8 Å². The van der Waals surface area contributed by atoms with Crippen molar-refractivity contribution in [2.75, 3.05) is 18.1 Å². The molecule has 5 nitrogen and oxygen atoms in total. The Morgan fingerprint density at radius 3 is 2.68 bits per heavy atom. The van der Waals surface area contributed by atoms with Gasteiger partial charge in [-0.3, -0.25) is 4.79 Å². The van der Waals surface area contributed by atoms with Gasteiger partial charge in [0.15, 0.2) is 0 Å². The molecule has 1 amide bonds. The fourth-order valence-electron chi connectivity index (χ4n) is 1.96. The van der Waals surface area contributed by atoms with Crippen LogP contribution in [0.1, 0.15) is 33.8 Å². The minimum atomic E-state index is -1.13. The van der Waals surface area contributed by atoms with Gasteiger partial charge in [-0.1, -0.05) is 6.07 Å². The van der Waals surface area contributed by atoms with Crippen molar-refractivity contribution >= 4 is 23.6 Å². The third kappa shape index (κ3) is 3.96. The molecule has 1 fully saturated rings. The smallest absolute Gasteiger partial charge is 0.354 e. The van der Waals surface area contributed by atoms with E-state index in [9.17, 15) is 9.59 Å². The van der Waals surface area contributed by atoms with E-state index in [1.54, 1.807) is 0 Å². The van der Waals surface area contributed by atoms with E-state index in [4.69, 9.17) is 5.11 Å². The molecular weight excluding hydrogens is 264 g/mol. The lowest BCUT2D eigenvalue weighted by Crippen LogP contribution is -2.31. The van der Waals surface area contributed by atoms with Gasteiger partial charge in [-0.25, -0.2) is 9.78 Å². The topological polar surface area (TPSA) is 79.3 Å². The van der Waals surface area contributed by atoms with Crippen LogP contribution in [0.4, 0.5) is 0 Å². The van der Waals surface area contributed by atoms with Crippen LogP contribution in [0.5, 0.6) is 0 Å². The average molecular weight is 280 g/mol. The zero-order chi connectivity index (χ0) is 13.7. The summed E-state index contributed by atoms with van der Waals surface area (Å²) in [5, 5.41) is 11.7. The summed E-state index contributed by atoms with van der Waals surface area (Å²) >= 11 is 1.94. The molecule has 0 unspecified atom stereocenters. The number of carbonyl (C=O) groups is 2.